The summed E-state index contributed by atoms with van der Waals surface area (Å²) in [7, 11) is 0. The molecule has 116 valence electrons. The monoisotopic (exact) mass is 297 g/mol. The fraction of sp³-hybridized carbons (Fsp3) is 0.467. The minimum absolute atomic E-state index is 0.135. The topological polar surface area (TPSA) is 94.1 Å². The van der Waals surface area contributed by atoms with Gasteiger partial charge in [-0.2, -0.15) is 0 Å². The Kier molecular flexibility index (Phi) is 5.43. The van der Waals surface area contributed by atoms with Gasteiger partial charge in [-0.25, -0.2) is 4.39 Å². The number of benzene rings is 1. The van der Waals surface area contributed by atoms with Crippen LogP contribution in [0.5, 0.6) is 0 Å². The largest absolute Gasteiger partial charge is 0.549 e. The number of halogens is 1. The second-order valence-corrected chi connectivity index (χ2v) is 5.92. The SMILES string of the molecule is CC(C)(C)OC(=O)[C@@H](C(=O)[O-])[C@H]([NH3+])Cc1cccc(F)c1. The Balaban J connectivity index is 2.85. The molecule has 0 aliphatic carbocycles. The zero-order chi connectivity index (χ0) is 16.2. The van der Waals surface area contributed by atoms with E-state index in [-0.39, 0.29) is 6.42 Å². The van der Waals surface area contributed by atoms with E-state index in [1.165, 1.54) is 18.2 Å². The van der Waals surface area contributed by atoms with Gasteiger partial charge in [-0.3, -0.25) is 4.79 Å². The fourth-order valence-corrected chi connectivity index (χ4v) is 1.93. The highest BCUT2D eigenvalue weighted by Crippen LogP contribution is 2.15. The summed E-state index contributed by atoms with van der Waals surface area (Å²) in [5.74, 6) is -4.35. The minimum atomic E-state index is -1.54. The lowest BCUT2D eigenvalue weighted by Crippen LogP contribution is -2.69. The smallest absolute Gasteiger partial charge is 0.321 e. The highest BCUT2D eigenvalue weighted by atomic mass is 19.1. The van der Waals surface area contributed by atoms with Crippen LogP contribution in [0.3, 0.4) is 0 Å². The molecule has 0 aromatic heterocycles. The Morgan fingerprint density at radius 3 is 2.48 bits per heavy atom. The summed E-state index contributed by atoms with van der Waals surface area (Å²) >= 11 is 0. The van der Waals surface area contributed by atoms with Crippen LogP contribution in [0.2, 0.25) is 0 Å². The van der Waals surface area contributed by atoms with Crippen molar-refractivity contribution in [3.8, 4) is 0 Å². The van der Waals surface area contributed by atoms with Gasteiger partial charge in [0.25, 0.3) is 0 Å². The van der Waals surface area contributed by atoms with Gasteiger partial charge in [-0.05, 0) is 38.5 Å². The van der Waals surface area contributed by atoms with Crippen LogP contribution in [0, 0.1) is 11.7 Å². The van der Waals surface area contributed by atoms with Crippen molar-refractivity contribution in [1.82, 2.24) is 0 Å². The number of quaternary nitrogens is 1. The van der Waals surface area contributed by atoms with Crippen LogP contribution in [-0.2, 0) is 20.7 Å². The number of esters is 1. The molecule has 0 unspecified atom stereocenters. The van der Waals surface area contributed by atoms with E-state index in [0.29, 0.717) is 5.56 Å². The molecule has 0 saturated heterocycles. The molecule has 0 heterocycles. The van der Waals surface area contributed by atoms with Crippen LogP contribution in [0.15, 0.2) is 24.3 Å². The molecular formula is C15H20FNO4. The Morgan fingerprint density at radius 1 is 1.38 bits per heavy atom. The van der Waals surface area contributed by atoms with Crippen molar-refractivity contribution >= 4 is 11.9 Å². The lowest BCUT2D eigenvalue weighted by Gasteiger charge is -2.26. The van der Waals surface area contributed by atoms with Crippen LogP contribution in [-0.4, -0.2) is 23.6 Å². The molecule has 6 heteroatoms. The number of ether oxygens (including phenoxy) is 1. The van der Waals surface area contributed by atoms with Crippen molar-refractivity contribution in [3.05, 3.63) is 35.6 Å². The number of carboxylic acid groups (broad SMARTS) is 1. The predicted molar refractivity (Wildman–Crippen MR) is 71.1 cm³/mol. The second kappa shape index (κ2) is 6.67. The summed E-state index contributed by atoms with van der Waals surface area (Å²) in [6.07, 6.45) is 0.135. The van der Waals surface area contributed by atoms with Crippen molar-refractivity contribution in [1.29, 1.82) is 0 Å². The van der Waals surface area contributed by atoms with E-state index >= 15 is 0 Å². The van der Waals surface area contributed by atoms with Gasteiger partial charge in [-0.15, -0.1) is 0 Å². The predicted octanol–water partition coefficient (Wildman–Crippen LogP) is -0.313. The molecule has 0 aliphatic heterocycles. The first-order valence-corrected chi connectivity index (χ1v) is 6.61. The summed E-state index contributed by atoms with van der Waals surface area (Å²) < 4.78 is 18.2. The van der Waals surface area contributed by atoms with Crippen molar-refractivity contribution in [3.63, 3.8) is 0 Å². The van der Waals surface area contributed by atoms with Gasteiger partial charge >= 0.3 is 5.97 Å². The van der Waals surface area contributed by atoms with E-state index in [9.17, 15) is 19.1 Å². The quantitative estimate of drug-likeness (QED) is 0.595. The Labute approximate surface area is 122 Å². The number of carbonyl (C=O) groups is 2. The van der Waals surface area contributed by atoms with E-state index < -0.39 is 35.3 Å². The first-order valence-electron chi connectivity index (χ1n) is 6.61. The summed E-state index contributed by atoms with van der Waals surface area (Å²) in [5, 5.41) is 11.2. The number of carbonyl (C=O) groups excluding carboxylic acids is 2. The van der Waals surface area contributed by atoms with E-state index in [4.69, 9.17) is 4.74 Å². The van der Waals surface area contributed by atoms with Gasteiger partial charge in [0.15, 0.2) is 0 Å². The van der Waals surface area contributed by atoms with Crippen LogP contribution in [0.25, 0.3) is 0 Å². The second-order valence-electron chi connectivity index (χ2n) is 5.92. The van der Waals surface area contributed by atoms with Gasteiger partial charge in [0, 0.05) is 6.42 Å². The maximum absolute atomic E-state index is 13.1. The zero-order valence-corrected chi connectivity index (χ0v) is 12.4. The van der Waals surface area contributed by atoms with Gasteiger partial charge in [0.1, 0.15) is 23.4 Å². The van der Waals surface area contributed by atoms with Gasteiger partial charge in [-0.1, -0.05) is 12.1 Å². The summed E-state index contributed by atoms with van der Waals surface area (Å²) in [6.45, 7) is 4.92. The number of hydrogen-bond donors (Lipinski definition) is 1. The standard InChI is InChI=1S/C15H20FNO4/c1-15(2,3)21-14(20)12(13(18)19)11(17)8-9-5-4-6-10(16)7-9/h4-7,11-12H,8,17H2,1-3H3,(H,18,19)/t11-,12-/m1/s1. The molecule has 0 amide bonds. The number of hydrogen-bond acceptors (Lipinski definition) is 4. The molecule has 0 saturated carbocycles. The molecular weight excluding hydrogens is 277 g/mol. The van der Waals surface area contributed by atoms with E-state index in [1.807, 2.05) is 0 Å². The Hall–Kier alpha value is -1.95. The highest BCUT2D eigenvalue weighted by molar-refractivity contribution is 5.93. The third kappa shape index (κ3) is 5.51. The molecule has 0 radical (unpaired) electrons. The highest BCUT2D eigenvalue weighted by Gasteiger charge is 2.34. The average molecular weight is 297 g/mol. The molecule has 0 spiro atoms. The number of aliphatic carboxylic acids is 1. The Bertz CT molecular complexity index is 525. The lowest BCUT2D eigenvalue weighted by molar-refractivity contribution is -0.433. The van der Waals surface area contributed by atoms with Gasteiger partial charge < -0.3 is 20.4 Å². The van der Waals surface area contributed by atoms with Crippen molar-refractivity contribution < 1.29 is 29.6 Å². The average Bonchev–Trinajstić information content (AvgIpc) is 2.25. The third-order valence-corrected chi connectivity index (χ3v) is 2.77. The number of carboxylic acids is 1. The molecule has 1 aromatic rings. The zero-order valence-electron chi connectivity index (χ0n) is 12.4. The maximum Gasteiger partial charge on any atom is 0.321 e. The molecule has 0 bridgehead atoms. The molecule has 21 heavy (non-hydrogen) atoms. The normalized spacial score (nSPS) is 14.3. The maximum atomic E-state index is 13.1. The first-order chi connectivity index (χ1) is 9.60. The van der Waals surface area contributed by atoms with Crippen molar-refractivity contribution in [2.45, 2.75) is 38.8 Å². The summed E-state index contributed by atoms with van der Waals surface area (Å²) in [6, 6.07) is 4.90. The molecule has 1 aromatic carbocycles. The van der Waals surface area contributed by atoms with Crippen molar-refractivity contribution in [2.75, 3.05) is 0 Å². The first kappa shape index (κ1) is 17.1. The molecule has 1 rings (SSSR count). The van der Waals surface area contributed by atoms with Gasteiger partial charge in [0.2, 0.25) is 0 Å². The van der Waals surface area contributed by atoms with E-state index in [1.54, 1.807) is 26.8 Å². The summed E-state index contributed by atoms with van der Waals surface area (Å²) in [4.78, 5) is 23.1. The third-order valence-electron chi connectivity index (χ3n) is 2.77. The lowest BCUT2D eigenvalue weighted by atomic mass is 9.94. The van der Waals surface area contributed by atoms with E-state index in [0.717, 1.165) is 0 Å². The summed E-state index contributed by atoms with van der Waals surface area (Å²) in [5.41, 5.74) is 3.45. The minimum Gasteiger partial charge on any atom is -0.549 e. The van der Waals surface area contributed by atoms with Crippen LogP contribution >= 0.6 is 0 Å². The molecule has 5 nitrogen and oxygen atoms in total. The molecule has 0 aliphatic rings. The molecule has 0 fully saturated rings. The van der Waals surface area contributed by atoms with Crippen LogP contribution in [0.4, 0.5) is 4.39 Å². The Morgan fingerprint density at radius 2 is 2.00 bits per heavy atom. The van der Waals surface area contributed by atoms with E-state index in [2.05, 4.69) is 5.73 Å². The molecule has 3 N–H and O–H groups in total. The van der Waals surface area contributed by atoms with Crippen molar-refractivity contribution in [2.24, 2.45) is 5.92 Å². The van der Waals surface area contributed by atoms with Crippen LogP contribution < -0.4 is 10.8 Å². The number of rotatable bonds is 5. The van der Waals surface area contributed by atoms with Gasteiger partial charge in [0.05, 0.1) is 5.97 Å². The van der Waals surface area contributed by atoms with Crippen LogP contribution in [0.1, 0.15) is 26.3 Å². The molecule has 2 atom stereocenters. The fourth-order valence-electron chi connectivity index (χ4n) is 1.93.